The van der Waals surface area contributed by atoms with Crippen molar-refractivity contribution < 1.29 is 4.39 Å². The summed E-state index contributed by atoms with van der Waals surface area (Å²) in [6.07, 6.45) is 0.988. The number of benzene rings is 2. The zero-order valence-corrected chi connectivity index (χ0v) is 17.7. The number of aromatic nitrogens is 2. The van der Waals surface area contributed by atoms with Crippen molar-refractivity contribution in [1.82, 2.24) is 9.97 Å². The molecule has 0 saturated heterocycles. The molecule has 2 heterocycles. The Morgan fingerprint density at radius 1 is 1.07 bits per heavy atom. The Morgan fingerprint density at radius 3 is 2.48 bits per heavy atom. The van der Waals surface area contributed by atoms with Crippen LogP contribution in [-0.4, -0.2) is 16.5 Å². The van der Waals surface area contributed by atoms with E-state index in [-0.39, 0.29) is 24.3 Å². The number of nitrogens with zero attached hydrogens (tertiary/aromatic N) is 3. The molecule has 1 aliphatic heterocycles. The molecule has 152 valence electrons. The first-order valence-electron chi connectivity index (χ1n) is 9.66. The SMILES string of the molecule is Cc1nc(C(N)c2ccc(F)cc2)nc(N2CCc3ccccc3C2C)c1C.Cl. The summed E-state index contributed by atoms with van der Waals surface area (Å²) in [4.78, 5) is 11.9. The lowest BCUT2D eigenvalue weighted by molar-refractivity contribution is 0.608. The van der Waals surface area contributed by atoms with E-state index in [1.807, 2.05) is 6.92 Å². The number of aryl methyl sites for hydroxylation is 1. The van der Waals surface area contributed by atoms with Gasteiger partial charge >= 0.3 is 0 Å². The molecule has 3 aromatic rings. The van der Waals surface area contributed by atoms with E-state index in [1.54, 1.807) is 12.1 Å². The number of fused-ring (bicyclic) bond motifs is 1. The fourth-order valence-corrected chi connectivity index (χ4v) is 3.93. The summed E-state index contributed by atoms with van der Waals surface area (Å²) in [5.74, 6) is 1.22. The van der Waals surface area contributed by atoms with Crippen molar-refractivity contribution in [2.24, 2.45) is 5.73 Å². The predicted octanol–water partition coefficient (Wildman–Crippen LogP) is 4.83. The fourth-order valence-electron chi connectivity index (χ4n) is 3.93. The molecule has 0 spiro atoms. The topological polar surface area (TPSA) is 55.0 Å². The van der Waals surface area contributed by atoms with Crippen LogP contribution in [0.25, 0.3) is 0 Å². The first-order valence-corrected chi connectivity index (χ1v) is 9.66. The number of halogens is 2. The number of rotatable bonds is 3. The summed E-state index contributed by atoms with van der Waals surface area (Å²) in [5, 5.41) is 0. The van der Waals surface area contributed by atoms with Gasteiger partial charge in [0.25, 0.3) is 0 Å². The Morgan fingerprint density at radius 2 is 1.76 bits per heavy atom. The molecule has 1 aliphatic rings. The normalized spacial score (nSPS) is 16.7. The maximum absolute atomic E-state index is 13.3. The molecule has 0 fully saturated rings. The maximum atomic E-state index is 13.3. The van der Waals surface area contributed by atoms with Crippen LogP contribution in [-0.2, 0) is 6.42 Å². The highest BCUT2D eigenvalue weighted by Crippen LogP contribution is 2.35. The summed E-state index contributed by atoms with van der Waals surface area (Å²) in [6.45, 7) is 7.17. The van der Waals surface area contributed by atoms with Crippen molar-refractivity contribution in [3.8, 4) is 0 Å². The zero-order valence-electron chi connectivity index (χ0n) is 16.9. The second-order valence-electron chi connectivity index (χ2n) is 7.46. The third kappa shape index (κ3) is 3.98. The van der Waals surface area contributed by atoms with Crippen LogP contribution < -0.4 is 10.6 Å². The molecule has 0 radical (unpaired) electrons. The average Bonchev–Trinajstić information content (AvgIpc) is 2.71. The van der Waals surface area contributed by atoms with Gasteiger partial charge in [0.2, 0.25) is 0 Å². The lowest BCUT2D eigenvalue weighted by atomic mass is 9.93. The lowest BCUT2D eigenvalue weighted by Crippen LogP contribution is -2.35. The highest BCUT2D eigenvalue weighted by molar-refractivity contribution is 5.85. The third-order valence-corrected chi connectivity index (χ3v) is 5.75. The number of hydrogen-bond donors (Lipinski definition) is 1. The monoisotopic (exact) mass is 412 g/mol. The molecule has 0 aliphatic carbocycles. The molecule has 2 aromatic carbocycles. The molecule has 6 heteroatoms. The Hall–Kier alpha value is -2.50. The number of nitrogens with two attached hydrogens (primary N) is 1. The Labute approximate surface area is 177 Å². The van der Waals surface area contributed by atoms with E-state index >= 15 is 0 Å². The number of anilines is 1. The Balaban J connectivity index is 0.00000240. The molecule has 4 rings (SSSR count). The summed E-state index contributed by atoms with van der Waals surface area (Å²) in [6, 6.07) is 14.5. The van der Waals surface area contributed by atoms with E-state index < -0.39 is 6.04 Å². The van der Waals surface area contributed by atoms with Crippen LogP contribution in [0.1, 0.15) is 52.8 Å². The first kappa shape index (κ1) is 21.2. The highest BCUT2D eigenvalue weighted by atomic mass is 35.5. The second kappa shape index (κ2) is 8.47. The van der Waals surface area contributed by atoms with Gasteiger partial charge in [-0.2, -0.15) is 0 Å². The van der Waals surface area contributed by atoms with Gasteiger partial charge in [-0.15, -0.1) is 12.4 Å². The van der Waals surface area contributed by atoms with E-state index in [0.717, 1.165) is 35.6 Å². The molecular weight excluding hydrogens is 387 g/mol. The van der Waals surface area contributed by atoms with Gasteiger partial charge in [-0.1, -0.05) is 36.4 Å². The van der Waals surface area contributed by atoms with Crippen LogP contribution in [0.5, 0.6) is 0 Å². The molecule has 0 saturated carbocycles. The van der Waals surface area contributed by atoms with Crippen molar-refractivity contribution in [1.29, 1.82) is 0 Å². The van der Waals surface area contributed by atoms with Gasteiger partial charge in [0.15, 0.2) is 5.82 Å². The average molecular weight is 413 g/mol. The van der Waals surface area contributed by atoms with Crippen LogP contribution in [0.3, 0.4) is 0 Å². The zero-order chi connectivity index (χ0) is 19.8. The molecule has 0 amide bonds. The minimum Gasteiger partial charge on any atom is -0.349 e. The summed E-state index contributed by atoms with van der Waals surface area (Å²) in [5.41, 5.74) is 12.0. The maximum Gasteiger partial charge on any atom is 0.152 e. The smallest absolute Gasteiger partial charge is 0.152 e. The molecule has 1 aromatic heterocycles. The highest BCUT2D eigenvalue weighted by Gasteiger charge is 2.27. The molecule has 2 unspecified atom stereocenters. The minimum absolute atomic E-state index is 0. The standard InChI is InChI=1S/C23H25FN4.ClH/c1-14-15(2)26-22(21(25)18-8-10-19(24)11-9-18)27-23(14)28-13-12-17-6-4-5-7-20(17)16(28)3;/h4-11,16,21H,12-13,25H2,1-3H3;1H. The van der Waals surface area contributed by atoms with Crippen molar-refractivity contribution in [2.45, 2.75) is 39.3 Å². The Bertz CT molecular complexity index is 1010. The van der Waals surface area contributed by atoms with E-state index in [9.17, 15) is 4.39 Å². The Kier molecular flexibility index (Phi) is 6.20. The molecule has 2 N–H and O–H groups in total. The quantitative estimate of drug-likeness (QED) is 0.669. The summed E-state index contributed by atoms with van der Waals surface area (Å²) in [7, 11) is 0. The first-order chi connectivity index (χ1) is 13.5. The van der Waals surface area contributed by atoms with Crippen LogP contribution >= 0.6 is 12.4 Å². The molecule has 0 bridgehead atoms. The second-order valence-corrected chi connectivity index (χ2v) is 7.46. The molecule has 29 heavy (non-hydrogen) atoms. The molecular formula is C23H26ClFN4. The van der Waals surface area contributed by atoms with Gasteiger partial charge in [0, 0.05) is 17.8 Å². The van der Waals surface area contributed by atoms with Gasteiger partial charge < -0.3 is 10.6 Å². The number of hydrogen-bond acceptors (Lipinski definition) is 4. The summed E-state index contributed by atoms with van der Waals surface area (Å²) >= 11 is 0. The van der Waals surface area contributed by atoms with E-state index in [2.05, 4.69) is 48.0 Å². The van der Waals surface area contributed by atoms with Crippen molar-refractivity contribution >= 4 is 18.2 Å². The van der Waals surface area contributed by atoms with Crippen molar-refractivity contribution in [3.05, 3.63) is 88.1 Å². The van der Waals surface area contributed by atoms with Gasteiger partial charge in [0.05, 0.1) is 12.1 Å². The largest absolute Gasteiger partial charge is 0.349 e. The van der Waals surface area contributed by atoms with Gasteiger partial charge in [-0.3, -0.25) is 0 Å². The van der Waals surface area contributed by atoms with Gasteiger partial charge in [-0.05, 0) is 56.0 Å². The van der Waals surface area contributed by atoms with Crippen molar-refractivity contribution in [3.63, 3.8) is 0 Å². The lowest BCUT2D eigenvalue weighted by Gasteiger charge is -2.37. The minimum atomic E-state index is -0.494. The van der Waals surface area contributed by atoms with Gasteiger partial charge in [0.1, 0.15) is 11.6 Å². The molecule has 2 atom stereocenters. The van der Waals surface area contributed by atoms with Crippen LogP contribution in [0.15, 0.2) is 48.5 Å². The van der Waals surface area contributed by atoms with Crippen LogP contribution in [0.2, 0.25) is 0 Å². The third-order valence-electron chi connectivity index (χ3n) is 5.75. The van der Waals surface area contributed by atoms with E-state index in [0.29, 0.717) is 5.82 Å². The summed E-state index contributed by atoms with van der Waals surface area (Å²) < 4.78 is 13.3. The van der Waals surface area contributed by atoms with Gasteiger partial charge in [-0.25, -0.2) is 14.4 Å². The molecule has 4 nitrogen and oxygen atoms in total. The van der Waals surface area contributed by atoms with Crippen LogP contribution in [0, 0.1) is 19.7 Å². The fraction of sp³-hybridized carbons (Fsp3) is 0.304. The van der Waals surface area contributed by atoms with E-state index in [1.165, 1.54) is 23.3 Å². The predicted molar refractivity (Wildman–Crippen MR) is 117 cm³/mol. The van der Waals surface area contributed by atoms with E-state index in [4.69, 9.17) is 10.7 Å². The van der Waals surface area contributed by atoms with Crippen molar-refractivity contribution in [2.75, 3.05) is 11.4 Å². The van der Waals surface area contributed by atoms with Crippen LogP contribution in [0.4, 0.5) is 10.2 Å².